The van der Waals surface area contributed by atoms with E-state index in [0.717, 1.165) is 54.8 Å². The number of methoxy groups -OCH3 is 1. The van der Waals surface area contributed by atoms with Gasteiger partial charge in [0.1, 0.15) is 10.6 Å². The zero-order valence-electron chi connectivity index (χ0n) is 26.3. The van der Waals surface area contributed by atoms with Crippen molar-refractivity contribution in [2.24, 2.45) is 0 Å². The van der Waals surface area contributed by atoms with Gasteiger partial charge in [0.2, 0.25) is 0 Å². The lowest BCUT2D eigenvalue weighted by molar-refractivity contribution is -0.0500. The summed E-state index contributed by atoms with van der Waals surface area (Å²) in [5.41, 5.74) is -4.62. The van der Waals surface area contributed by atoms with E-state index >= 15 is 0 Å². The van der Waals surface area contributed by atoms with Crippen molar-refractivity contribution in [3.63, 3.8) is 0 Å². The molecule has 0 aliphatic carbocycles. The Labute approximate surface area is 275 Å². The molecule has 1 heterocycles. The summed E-state index contributed by atoms with van der Waals surface area (Å²) in [6, 6.07) is 19.1. The van der Waals surface area contributed by atoms with Crippen LogP contribution in [0, 0.1) is 0 Å². The maximum atomic E-state index is 13.5. The summed E-state index contributed by atoms with van der Waals surface area (Å²) in [6.45, 7) is 4.57. The highest BCUT2D eigenvalue weighted by molar-refractivity contribution is 8.22. The predicted octanol–water partition coefficient (Wildman–Crippen LogP) is 9.44. The second-order valence-electron chi connectivity index (χ2n) is 11.2. The van der Waals surface area contributed by atoms with Gasteiger partial charge >= 0.3 is 15.6 Å². The molecule has 0 radical (unpaired) electrons. The maximum Gasteiger partial charge on any atom is 0.534 e. The summed E-state index contributed by atoms with van der Waals surface area (Å²) in [7, 11) is -8.48. The summed E-state index contributed by atoms with van der Waals surface area (Å²) in [4.78, 5) is 1.94. The molecule has 0 aromatic heterocycles. The Morgan fingerprint density at radius 2 is 1.59 bits per heavy atom. The molecule has 1 aliphatic rings. The van der Waals surface area contributed by atoms with Gasteiger partial charge in [-0.3, -0.25) is 9.11 Å². The molecule has 14 heteroatoms. The van der Waals surface area contributed by atoms with Crippen molar-refractivity contribution in [2.45, 2.75) is 79.8 Å². The topological polar surface area (TPSA) is 99.5 Å². The molecule has 2 N–H and O–H groups in total. The summed E-state index contributed by atoms with van der Waals surface area (Å²) in [5, 5.41) is 0. The second-order valence-corrected chi connectivity index (χ2v) is 15.5. The van der Waals surface area contributed by atoms with Gasteiger partial charge in [0.15, 0.2) is 5.75 Å². The monoisotopic (exact) mass is 702 g/mol. The number of rotatable bonds is 13. The fourth-order valence-corrected chi connectivity index (χ4v) is 8.85. The van der Waals surface area contributed by atoms with Crippen LogP contribution in [0.15, 0.2) is 76.5 Å². The van der Waals surface area contributed by atoms with Crippen LogP contribution in [0.1, 0.15) is 57.9 Å². The van der Waals surface area contributed by atoms with Crippen LogP contribution in [0.3, 0.4) is 0 Å². The zero-order chi connectivity index (χ0) is 33.8. The van der Waals surface area contributed by atoms with Gasteiger partial charge in [0, 0.05) is 24.8 Å². The Morgan fingerprint density at radius 1 is 0.978 bits per heavy atom. The van der Waals surface area contributed by atoms with E-state index < -0.39 is 37.7 Å². The first-order chi connectivity index (χ1) is 21.7. The van der Waals surface area contributed by atoms with Crippen LogP contribution in [0.25, 0.3) is 0 Å². The van der Waals surface area contributed by atoms with Crippen molar-refractivity contribution >= 4 is 44.0 Å². The number of ether oxygens (including phenoxy) is 1. The highest BCUT2D eigenvalue weighted by atomic mass is 32.3. The predicted molar refractivity (Wildman–Crippen MR) is 179 cm³/mol. The Morgan fingerprint density at radius 3 is 2.11 bits per heavy atom. The fraction of sp³-hybridized carbons (Fsp3) is 0.438. The molecule has 1 aliphatic heterocycles. The van der Waals surface area contributed by atoms with Crippen LogP contribution in [-0.2, 0) is 16.7 Å². The Balaban J connectivity index is 2.04. The third-order valence-corrected chi connectivity index (χ3v) is 11.9. The standard InChI is InChI=1S/C32H41F3N2O6S3/c1-5-7-18-31(19-8-6-2)23-36(25-12-10-9-11-13-25)27-20-29(44-4)28(43-46(40,41)32(33,34)35)21-30(27)45(38,39)37(31)22-24-14-16-26(42-3)17-15-24/h9-17,20-21,38-39H,5-8,18-19,22-23H2,1-4H3. The number of anilines is 2. The average molecular weight is 703 g/mol. The van der Waals surface area contributed by atoms with E-state index in [0.29, 0.717) is 30.8 Å². The van der Waals surface area contributed by atoms with Crippen molar-refractivity contribution in [1.82, 2.24) is 4.31 Å². The van der Waals surface area contributed by atoms with E-state index in [1.807, 2.05) is 47.4 Å². The molecule has 0 unspecified atom stereocenters. The number of halogens is 3. The van der Waals surface area contributed by atoms with E-state index in [-0.39, 0.29) is 16.3 Å². The van der Waals surface area contributed by atoms with E-state index in [9.17, 15) is 30.7 Å². The molecule has 3 aromatic rings. The molecule has 0 spiro atoms. The van der Waals surface area contributed by atoms with Gasteiger partial charge in [0.25, 0.3) is 0 Å². The van der Waals surface area contributed by atoms with Gasteiger partial charge in [-0.2, -0.15) is 25.9 Å². The number of para-hydroxylation sites is 1. The minimum absolute atomic E-state index is 0.0963. The summed E-state index contributed by atoms with van der Waals surface area (Å²) in [5.74, 6) is 0.00267. The molecular formula is C32H41F3N2O6S3. The number of fused-ring (bicyclic) bond motifs is 1. The third kappa shape index (κ3) is 7.57. The molecule has 46 heavy (non-hydrogen) atoms. The smallest absolute Gasteiger partial charge is 0.497 e. The van der Waals surface area contributed by atoms with E-state index in [1.165, 1.54) is 6.07 Å². The van der Waals surface area contributed by atoms with Crippen LogP contribution in [0.5, 0.6) is 11.5 Å². The molecule has 0 fully saturated rings. The Bertz CT molecular complexity index is 1560. The van der Waals surface area contributed by atoms with E-state index in [2.05, 4.69) is 18.0 Å². The van der Waals surface area contributed by atoms with Crippen molar-refractivity contribution in [3.05, 3.63) is 72.3 Å². The molecule has 0 amide bonds. The van der Waals surface area contributed by atoms with Gasteiger partial charge in [-0.05, 0) is 55.0 Å². The second kappa shape index (κ2) is 14.7. The minimum Gasteiger partial charge on any atom is -0.497 e. The van der Waals surface area contributed by atoms with Crippen LogP contribution >= 0.6 is 22.5 Å². The van der Waals surface area contributed by atoms with Gasteiger partial charge in [-0.15, -0.1) is 22.5 Å². The van der Waals surface area contributed by atoms with Crippen LogP contribution in [0.2, 0.25) is 0 Å². The number of hydrogen-bond donors (Lipinski definition) is 2. The molecule has 0 atom stereocenters. The van der Waals surface area contributed by atoms with Crippen LogP contribution in [0.4, 0.5) is 24.5 Å². The van der Waals surface area contributed by atoms with E-state index in [4.69, 9.17) is 4.74 Å². The first-order valence-corrected chi connectivity index (χ1v) is 19.1. The molecular weight excluding hydrogens is 662 g/mol. The molecule has 0 saturated heterocycles. The number of hydrogen-bond acceptors (Lipinski definition) is 9. The number of thioether (sulfide) groups is 1. The van der Waals surface area contributed by atoms with Crippen molar-refractivity contribution in [3.8, 4) is 11.5 Å². The molecule has 0 bridgehead atoms. The maximum absolute atomic E-state index is 13.5. The summed E-state index contributed by atoms with van der Waals surface area (Å²) >= 11 is 0.995. The number of nitrogens with zero attached hydrogens (tertiary/aromatic N) is 2. The lowest BCUT2D eigenvalue weighted by Crippen LogP contribution is -2.54. The summed E-state index contributed by atoms with van der Waals surface area (Å²) in [6.07, 6.45) is 6.07. The van der Waals surface area contributed by atoms with Crippen LogP contribution < -0.4 is 13.8 Å². The molecule has 4 rings (SSSR count). The van der Waals surface area contributed by atoms with E-state index in [1.54, 1.807) is 29.8 Å². The average Bonchev–Trinajstić information content (AvgIpc) is 3.10. The Hall–Kier alpha value is -2.62. The molecule has 0 saturated carbocycles. The fourth-order valence-electron chi connectivity index (χ4n) is 5.74. The highest BCUT2D eigenvalue weighted by Gasteiger charge is 2.51. The lowest BCUT2D eigenvalue weighted by Gasteiger charge is -2.52. The van der Waals surface area contributed by atoms with Gasteiger partial charge in [0.05, 0.1) is 23.2 Å². The van der Waals surface area contributed by atoms with Crippen LogP contribution in [-0.4, -0.2) is 52.8 Å². The Kier molecular flexibility index (Phi) is 11.5. The third-order valence-electron chi connectivity index (χ3n) is 8.15. The number of alkyl halides is 3. The molecule has 3 aromatic carbocycles. The van der Waals surface area contributed by atoms with Crippen molar-refractivity contribution in [2.75, 3.05) is 24.8 Å². The minimum atomic E-state index is -6.04. The quantitative estimate of drug-likeness (QED) is 0.103. The number of unbranched alkanes of at least 4 members (excludes halogenated alkanes) is 2. The van der Waals surface area contributed by atoms with Gasteiger partial charge in [-0.25, -0.2) is 0 Å². The first kappa shape index (κ1) is 36.2. The SMILES string of the molecule is CCCCC1(CCCC)CN(c2ccccc2)c2cc(SC)c(OS(=O)(=O)C(F)(F)F)cc2S(O)(O)N1Cc1ccc(OC)cc1. The molecule has 254 valence electrons. The normalized spacial score (nSPS) is 17.2. The van der Waals surface area contributed by atoms with Gasteiger partial charge < -0.3 is 13.8 Å². The van der Waals surface area contributed by atoms with Crippen molar-refractivity contribution < 1.29 is 39.6 Å². The van der Waals surface area contributed by atoms with Gasteiger partial charge in [-0.1, -0.05) is 69.9 Å². The summed E-state index contributed by atoms with van der Waals surface area (Å²) < 4.78 is 101. The lowest BCUT2D eigenvalue weighted by atomic mass is 9.85. The van der Waals surface area contributed by atoms with Crippen molar-refractivity contribution in [1.29, 1.82) is 0 Å². The molecule has 8 nitrogen and oxygen atoms in total. The zero-order valence-corrected chi connectivity index (χ0v) is 28.7. The first-order valence-electron chi connectivity index (χ1n) is 15.0. The number of benzene rings is 3. The highest BCUT2D eigenvalue weighted by Crippen LogP contribution is 2.64. The largest absolute Gasteiger partial charge is 0.534 e.